The fourth-order valence-electron chi connectivity index (χ4n) is 6.19. The summed E-state index contributed by atoms with van der Waals surface area (Å²) < 4.78 is 0. The Balaban J connectivity index is 1.90. The summed E-state index contributed by atoms with van der Waals surface area (Å²) in [6.07, 6.45) is 20.7. The van der Waals surface area contributed by atoms with E-state index in [1.165, 1.54) is 89.9 Å². The molecule has 0 amide bonds. The highest BCUT2D eigenvalue weighted by Crippen LogP contribution is 2.47. The zero-order valence-corrected chi connectivity index (χ0v) is 16.2. The van der Waals surface area contributed by atoms with Crippen molar-refractivity contribution in [2.75, 3.05) is 7.05 Å². The molecule has 1 nitrogen and oxygen atoms in total. The topological polar surface area (TPSA) is 3.24 Å². The molecule has 0 N–H and O–H groups in total. The van der Waals surface area contributed by atoms with Crippen LogP contribution in [0.3, 0.4) is 0 Å². The first-order valence-corrected chi connectivity index (χ1v) is 10.8. The second kappa shape index (κ2) is 7.89. The minimum Gasteiger partial charge on any atom is -0.300 e. The van der Waals surface area contributed by atoms with Gasteiger partial charge in [0.05, 0.1) is 0 Å². The van der Waals surface area contributed by atoms with Crippen LogP contribution in [0.5, 0.6) is 0 Å². The van der Waals surface area contributed by atoms with Crippen molar-refractivity contribution in [2.24, 2.45) is 17.3 Å². The van der Waals surface area contributed by atoms with E-state index in [0.29, 0.717) is 5.41 Å². The molecule has 2 saturated carbocycles. The third kappa shape index (κ3) is 4.14. The molecule has 0 aromatic heterocycles. The molecule has 1 heteroatoms. The van der Waals surface area contributed by atoms with Gasteiger partial charge in [0.15, 0.2) is 0 Å². The Morgan fingerprint density at radius 3 is 1.48 bits per heavy atom. The average molecular weight is 320 g/mol. The van der Waals surface area contributed by atoms with Crippen LogP contribution in [0, 0.1) is 17.3 Å². The van der Waals surface area contributed by atoms with Gasteiger partial charge in [-0.1, -0.05) is 52.4 Å². The van der Waals surface area contributed by atoms with E-state index in [1.54, 1.807) is 0 Å². The highest BCUT2D eigenvalue weighted by Gasteiger charge is 2.39. The highest BCUT2D eigenvalue weighted by molar-refractivity contribution is 4.91. The molecular weight excluding hydrogens is 278 g/mol. The lowest BCUT2D eigenvalue weighted by Crippen LogP contribution is -2.43. The Bertz CT molecular complexity index is 329. The van der Waals surface area contributed by atoms with Gasteiger partial charge >= 0.3 is 0 Å². The summed E-state index contributed by atoms with van der Waals surface area (Å²) in [5.41, 5.74) is 0.569. The predicted molar refractivity (Wildman–Crippen MR) is 101 cm³/mol. The van der Waals surface area contributed by atoms with Crippen molar-refractivity contribution < 1.29 is 0 Å². The summed E-state index contributed by atoms with van der Waals surface area (Å²) in [4.78, 5) is 2.85. The van der Waals surface area contributed by atoms with Gasteiger partial charge in [-0.25, -0.2) is 0 Å². The number of hydrogen-bond donors (Lipinski definition) is 0. The molecule has 1 heterocycles. The third-order valence-corrected chi connectivity index (χ3v) is 8.13. The summed E-state index contributed by atoms with van der Waals surface area (Å²) in [7, 11) is 2.47. The maximum absolute atomic E-state index is 2.85. The molecule has 3 rings (SSSR count). The standard InChI is InChI=1S/C22H41N/c1-22(2)18-10-6-4-8-12-20(16-14-18)23(3)21-13-9-5-7-11-19(22)15-17-21/h18-21H,4-17H2,1-3H3. The van der Waals surface area contributed by atoms with E-state index in [4.69, 9.17) is 0 Å². The Labute approximate surface area is 145 Å². The molecule has 4 bridgehead atoms. The van der Waals surface area contributed by atoms with Crippen LogP contribution in [-0.4, -0.2) is 24.0 Å². The zero-order valence-electron chi connectivity index (χ0n) is 16.2. The highest BCUT2D eigenvalue weighted by atomic mass is 15.2. The minimum absolute atomic E-state index is 0.569. The summed E-state index contributed by atoms with van der Waals surface area (Å²) in [5, 5.41) is 0. The summed E-state index contributed by atoms with van der Waals surface area (Å²) >= 11 is 0. The second-order valence-electron chi connectivity index (χ2n) is 9.62. The van der Waals surface area contributed by atoms with E-state index < -0.39 is 0 Å². The Kier molecular flexibility index (Phi) is 6.10. The number of rotatable bonds is 0. The molecule has 4 unspecified atom stereocenters. The van der Waals surface area contributed by atoms with Gasteiger partial charge < -0.3 is 4.90 Å². The second-order valence-corrected chi connectivity index (χ2v) is 9.62. The van der Waals surface area contributed by atoms with Crippen molar-refractivity contribution in [1.82, 2.24) is 4.90 Å². The van der Waals surface area contributed by atoms with Gasteiger partial charge in [0.1, 0.15) is 0 Å². The molecule has 1 aliphatic heterocycles. The smallest absolute Gasteiger partial charge is 0.00952 e. The predicted octanol–water partition coefficient (Wildman–Crippen LogP) is 6.42. The van der Waals surface area contributed by atoms with Crippen molar-refractivity contribution in [2.45, 2.75) is 116 Å². The van der Waals surface area contributed by atoms with E-state index in [0.717, 1.165) is 23.9 Å². The molecule has 3 fully saturated rings. The molecule has 4 atom stereocenters. The molecule has 3 aliphatic rings. The van der Waals surface area contributed by atoms with Crippen LogP contribution in [0.1, 0.15) is 104 Å². The molecule has 0 radical (unpaired) electrons. The molecular formula is C22H41N. The van der Waals surface area contributed by atoms with Crippen LogP contribution in [0.2, 0.25) is 0 Å². The van der Waals surface area contributed by atoms with Crippen molar-refractivity contribution in [1.29, 1.82) is 0 Å². The van der Waals surface area contributed by atoms with Crippen molar-refractivity contribution in [3.05, 3.63) is 0 Å². The van der Waals surface area contributed by atoms with Crippen molar-refractivity contribution >= 4 is 0 Å². The lowest BCUT2D eigenvalue weighted by Gasteiger charge is -2.45. The molecule has 2 aliphatic carbocycles. The van der Waals surface area contributed by atoms with Crippen LogP contribution >= 0.6 is 0 Å². The first-order chi connectivity index (χ1) is 11.1. The third-order valence-electron chi connectivity index (χ3n) is 8.13. The van der Waals surface area contributed by atoms with Gasteiger partial charge in [-0.3, -0.25) is 0 Å². The molecule has 0 aromatic carbocycles. The van der Waals surface area contributed by atoms with Crippen LogP contribution < -0.4 is 0 Å². The number of hydrogen-bond acceptors (Lipinski definition) is 1. The SMILES string of the molecule is CN1C2CCCCCC(CC2)C(C)(C)C2CCCCCC1CC2. The normalized spacial score (nSPS) is 40.3. The maximum Gasteiger partial charge on any atom is 0.00952 e. The minimum atomic E-state index is 0.569. The van der Waals surface area contributed by atoms with Crippen LogP contribution in [-0.2, 0) is 0 Å². The number of nitrogens with zero attached hydrogens (tertiary/aromatic N) is 1. The van der Waals surface area contributed by atoms with Crippen LogP contribution in [0.4, 0.5) is 0 Å². The molecule has 0 aromatic rings. The average Bonchev–Trinajstić information content (AvgIpc) is 2.73. The van der Waals surface area contributed by atoms with Gasteiger partial charge in [0, 0.05) is 12.1 Å². The largest absolute Gasteiger partial charge is 0.300 e. The van der Waals surface area contributed by atoms with Crippen LogP contribution in [0.15, 0.2) is 0 Å². The fourth-order valence-corrected chi connectivity index (χ4v) is 6.19. The summed E-state index contributed by atoms with van der Waals surface area (Å²) in [6, 6.07) is 1.74. The van der Waals surface area contributed by atoms with E-state index in [9.17, 15) is 0 Å². The van der Waals surface area contributed by atoms with Crippen molar-refractivity contribution in [3.8, 4) is 0 Å². The van der Waals surface area contributed by atoms with E-state index in [1.807, 2.05) is 0 Å². The zero-order chi connectivity index (χ0) is 16.3. The van der Waals surface area contributed by atoms with Gasteiger partial charge in [0.2, 0.25) is 0 Å². The number of fused-ring (bicyclic) bond motifs is 6. The molecule has 134 valence electrons. The fraction of sp³-hybridized carbons (Fsp3) is 1.00. The monoisotopic (exact) mass is 319 g/mol. The van der Waals surface area contributed by atoms with Gasteiger partial charge in [-0.2, -0.15) is 0 Å². The Hall–Kier alpha value is -0.0400. The van der Waals surface area contributed by atoms with Crippen molar-refractivity contribution in [3.63, 3.8) is 0 Å². The van der Waals surface area contributed by atoms with E-state index in [2.05, 4.69) is 25.8 Å². The summed E-state index contributed by atoms with van der Waals surface area (Å²) in [5.74, 6) is 1.94. The van der Waals surface area contributed by atoms with E-state index >= 15 is 0 Å². The van der Waals surface area contributed by atoms with E-state index in [-0.39, 0.29) is 0 Å². The van der Waals surface area contributed by atoms with Gasteiger partial charge in [0.25, 0.3) is 0 Å². The first-order valence-electron chi connectivity index (χ1n) is 10.8. The molecule has 0 spiro atoms. The molecule has 23 heavy (non-hydrogen) atoms. The van der Waals surface area contributed by atoms with Gasteiger partial charge in [-0.15, -0.1) is 0 Å². The lowest BCUT2D eigenvalue weighted by atomic mass is 9.63. The lowest BCUT2D eigenvalue weighted by molar-refractivity contribution is 0.0492. The first kappa shape index (κ1) is 17.8. The maximum atomic E-state index is 2.85. The Morgan fingerprint density at radius 1 is 0.565 bits per heavy atom. The Morgan fingerprint density at radius 2 is 1.00 bits per heavy atom. The molecule has 1 saturated heterocycles. The van der Waals surface area contributed by atoms with Crippen LogP contribution in [0.25, 0.3) is 0 Å². The van der Waals surface area contributed by atoms with Gasteiger partial charge in [-0.05, 0) is 75.7 Å². The quantitative estimate of drug-likeness (QED) is 0.498. The summed E-state index contributed by atoms with van der Waals surface area (Å²) in [6.45, 7) is 5.29.